The molecule has 0 bridgehead atoms. The number of hydrogen-bond donors (Lipinski definition) is 0. The smallest absolute Gasteiger partial charge is 0.334 e. The highest BCUT2D eigenvalue weighted by Crippen LogP contribution is 2.40. The second-order valence-electron chi connectivity index (χ2n) is 15.9. The van der Waals surface area contributed by atoms with Crippen molar-refractivity contribution < 1.29 is 23.1 Å². The quantitative estimate of drug-likeness (QED) is 0.0659. The fourth-order valence-electron chi connectivity index (χ4n) is 5.11. The molecule has 0 aromatic heterocycles. The van der Waals surface area contributed by atoms with Crippen LogP contribution in [0.1, 0.15) is 126 Å². The number of allylic oxidation sites excluding steroid dienone is 2. The number of rotatable bonds is 18. The summed E-state index contributed by atoms with van der Waals surface area (Å²) < 4.78 is 25.3. The first kappa shape index (κ1) is 37.5. The molecule has 0 saturated carbocycles. The second-order valence-corrected chi connectivity index (χ2v) is 25.4. The van der Waals surface area contributed by atoms with E-state index in [-0.39, 0.29) is 40.5 Å². The van der Waals surface area contributed by atoms with Crippen LogP contribution >= 0.6 is 0 Å². The van der Waals surface area contributed by atoms with Gasteiger partial charge in [-0.1, -0.05) is 73.0 Å². The Morgan fingerprint density at radius 2 is 1.48 bits per heavy atom. The topological polar surface area (TPSA) is 54.0 Å². The molecule has 4 atom stereocenters. The van der Waals surface area contributed by atoms with Crippen molar-refractivity contribution in [1.29, 1.82) is 0 Å². The van der Waals surface area contributed by atoms with Crippen LogP contribution in [0.15, 0.2) is 23.8 Å². The third-order valence-corrected chi connectivity index (χ3v) is 19.1. The van der Waals surface area contributed by atoms with Crippen molar-refractivity contribution >= 4 is 22.6 Å². The molecule has 0 aliphatic carbocycles. The van der Waals surface area contributed by atoms with Gasteiger partial charge in [-0.25, -0.2) is 4.79 Å². The maximum atomic E-state index is 11.7. The molecule has 2 aliphatic heterocycles. The molecule has 1 fully saturated rings. The minimum atomic E-state index is -1.89. The Labute approximate surface area is 261 Å². The first-order valence-corrected chi connectivity index (χ1v) is 22.8. The zero-order valence-corrected chi connectivity index (χ0v) is 31.3. The SMILES string of the molecule is C[C@H]1C=C(CCCCC/C=C/CCCCC[C@@H](O[Si](C)(C)C(C)(C)C)[C@H]2CC[C@H](CO[Si](C)(C)C(C)(C)C)O2)C(=O)O1. The standard InChI is InChI=1S/C35H66O5Si2/c1-28-26-29(33(36)38-28)22-20-18-16-14-12-13-15-17-19-21-23-32(40-42(10,11)35(5,6)7)31-25-24-30(39-31)27-37-41(8,9)34(2,3)4/h12-13,26,28,30-32H,14-25,27H2,1-11H3/b13-12+/t28-,30+,31+,32+/m0/s1. The molecule has 0 amide bonds. The van der Waals surface area contributed by atoms with Gasteiger partial charge in [0.25, 0.3) is 0 Å². The van der Waals surface area contributed by atoms with Crippen molar-refractivity contribution in [3.05, 3.63) is 23.8 Å². The highest BCUT2D eigenvalue weighted by molar-refractivity contribution is 6.74. The molecule has 5 nitrogen and oxygen atoms in total. The molecule has 2 rings (SSSR count). The zero-order chi connectivity index (χ0) is 31.6. The van der Waals surface area contributed by atoms with Gasteiger partial charge < -0.3 is 18.3 Å². The predicted molar refractivity (Wildman–Crippen MR) is 182 cm³/mol. The van der Waals surface area contributed by atoms with Gasteiger partial charge in [0.05, 0.1) is 24.9 Å². The highest BCUT2D eigenvalue weighted by atomic mass is 28.4. The lowest BCUT2D eigenvalue weighted by Crippen LogP contribution is -2.47. The molecule has 0 aromatic carbocycles. The Morgan fingerprint density at radius 3 is 2.02 bits per heavy atom. The summed E-state index contributed by atoms with van der Waals surface area (Å²) in [7, 11) is -3.66. The number of carbonyl (C=O) groups is 1. The Balaban J connectivity index is 1.71. The Bertz CT molecular complexity index is 881. The average Bonchev–Trinajstić information content (AvgIpc) is 3.46. The normalized spacial score (nSPS) is 23.1. The molecule has 0 N–H and O–H groups in total. The Morgan fingerprint density at radius 1 is 0.881 bits per heavy atom. The monoisotopic (exact) mass is 622 g/mol. The van der Waals surface area contributed by atoms with Crippen LogP contribution in [0.4, 0.5) is 0 Å². The van der Waals surface area contributed by atoms with E-state index in [4.69, 9.17) is 18.3 Å². The van der Waals surface area contributed by atoms with E-state index >= 15 is 0 Å². The van der Waals surface area contributed by atoms with Crippen molar-refractivity contribution in [2.45, 2.75) is 186 Å². The van der Waals surface area contributed by atoms with E-state index in [1.165, 1.54) is 25.7 Å². The van der Waals surface area contributed by atoms with Gasteiger partial charge >= 0.3 is 5.97 Å². The average molecular weight is 623 g/mol. The molecular formula is C35H66O5Si2. The van der Waals surface area contributed by atoms with Crippen LogP contribution < -0.4 is 0 Å². The van der Waals surface area contributed by atoms with Gasteiger partial charge in [-0.2, -0.15) is 0 Å². The van der Waals surface area contributed by atoms with Gasteiger partial charge in [-0.3, -0.25) is 0 Å². The number of cyclic esters (lactones) is 1. The van der Waals surface area contributed by atoms with Gasteiger partial charge in [0.1, 0.15) is 6.10 Å². The maximum absolute atomic E-state index is 11.7. The Hall–Kier alpha value is -0.736. The lowest BCUT2D eigenvalue weighted by molar-refractivity contribution is -0.139. The van der Waals surface area contributed by atoms with Crippen molar-refractivity contribution in [2.75, 3.05) is 6.61 Å². The molecule has 7 heteroatoms. The number of ether oxygens (including phenoxy) is 2. The molecule has 0 spiro atoms. The molecule has 0 unspecified atom stereocenters. The van der Waals surface area contributed by atoms with E-state index in [0.717, 1.165) is 63.5 Å². The van der Waals surface area contributed by atoms with Crippen molar-refractivity contribution in [1.82, 2.24) is 0 Å². The second kappa shape index (κ2) is 16.5. The van der Waals surface area contributed by atoms with Crippen LogP contribution in [-0.4, -0.2) is 53.6 Å². The summed E-state index contributed by atoms with van der Waals surface area (Å²) in [5, 5.41) is 0.413. The van der Waals surface area contributed by atoms with Crippen LogP contribution in [0.3, 0.4) is 0 Å². The van der Waals surface area contributed by atoms with Crippen LogP contribution in [-0.2, 0) is 23.1 Å². The van der Waals surface area contributed by atoms with Crippen molar-refractivity contribution in [3.8, 4) is 0 Å². The van der Waals surface area contributed by atoms with E-state index in [2.05, 4.69) is 79.9 Å². The van der Waals surface area contributed by atoms with Gasteiger partial charge in [0.2, 0.25) is 0 Å². The molecular weight excluding hydrogens is 557 g/mol. The van der Waals surface area contributed by atoms with E-state index in [1.54, 1.807) is 0 Å². The minimum absolute atomic E-state index is 0.0491. The Kier molecular flexibility index (Phi) is 14.7. The number of unbranched alkanes of at least 4 members (excludes halogenated alkanes) is 6. The lowest BCUT2D eigenvalue weighted by Gasteiger charge is -2.41. The summed E-state index contributed by atoms with van der Waals surface area (Å²) in [4.78, 5) is 11.7. The number of carbonyl (C=O) groups excluding carboxylic acids is 1. The molecule has 244 valence electrons. The fraction of sp³-hybridized carbons (Fsp3) is 0.857. The molecule has 2 heterocycles. The number of esters is 1. The summed E-state index contributed by atoms with van der Waals surface area (Å²) in [6.45, 7) is 25.9. The lowest BCUT2D eigenvalue weighted by atomic mass is 10.0. The molecule has 0 aromatic rings. The third kappa shape index (κ3) is 12.3. The molecule has 2 aliphatic rings. The summed E-state index contributed by atoms with van der Waals surface area (Å²) in [6.07, 6.45) is 20.6. The van der Waals surface area contributed by atoms with Gasteiger partial charge in [-0.15, -0.1) is 0 Å². The third-order valence-electron chi connectivity index (χ3n) is 10.1. The van der Waals surface area contributed by atoms with Crippen molar-refractivity contribution in [2.24, 2.45) is 0 Å². The molecule has 42 heavy (non-hydrogen) atoms. The summed E-state index contributed by atoms with van der Waals surface area (Å²) in [5.74, 6) is -0.119. The summed E-state index contributed by atoms with van der Waals surface area (Å²) in [5.41, 5.74) is 0.866. The van der Waals surface area contributed by atoms with Crippen LogP contribution in [0, 0.1) is 0 Å². The fourth-order valence-corrected chi connectivity index (χ4v) is 7.53. The molecule has 1 saturated heterocycles. The first-order valence-electron chi connectivity index (χ1n) is 17.0. The van der Waals surface area contributed by atoms with E-state index < -0.39 is 16.6 Å². The van der Waals surface area contributed by atoms with E-state index in [9.17, 15) is 4.79 Å². The van der Waals surface area contributed by atoms with Crippen molar-refractivity contribution in [3.63, 3.8) is 0 Å². The van der Waals surface area contributed by atoms with Gasteiger partial charge in [0.15, 0.2) is 16.6 Å². The van der Waals surface area contributed by atoms with E-state index in [0.29, 0.717) is 0 Å². The number of hydrogen-bond acceptors (Lipinski definition) is 5. The first-order chi connectivity index (χ1) is 19.4. The predicted octanol–water partition coefficient (Wildman–Crippen LogP) is 10.3. The van der Waals surface area contributed by atoms with Crippen LogP contribution in [0.5, 0.6) is 0 Å². The zero-order valence-electron chi connectivity index (χ0n) is 29.3. The van der Waals surface area contributed by atoms with E-state index in [1.807, 2.05) is 13.0 Å². The van der Waals surface area contributed by atoms with Crippen LogP contribution in [0.25, 0.3) is 0 Å². The maximum Gasteiger partial charge on any atom is 0.334 e. The molecule has 0 radical (unpaired) electrons. The van der Waals surface area contributed by atoms with Gasteiger partial charge in [-0.05, 0) is 107 Å². The van der Waals surface area contributed by atoms with Gasteiger partial charge in [0, 0.05) is 5.57 Å². The van der Waals surface area contributed by atoms with Crippen LogP contribution in [0.2, 0.25) is 36.3 Å². The highest BCUT2D eigenvalue weighted by Gasteiger charge is 2.43. The minimum Gasteiger partial charge on any atom is -0.455 e. The summed E-state index contributed by atoms with van der Waals surface area (Å²) >= 11 is 0. The largest absolute Gasteiger partial charge is 0.455 e. The summed E-state index contributed by atoms with van der Waals surface area (Å²) in [6, 6.07) is 0.